The summed E-state index contributed by atoms with van der Waals surface area (Å²) in [5, 5.41) is 9.32. The third-order valence-electron chi connectivity index (χ3n) is 3.75. The first-order valence-corrected chi connectivity index (χ1v) is 7.25. The number of carboxylic acids is 1. The first-order valence-electron chi connectivity index (χ1n) is 6.87. The molecule has 1 amide bonds. The van der Waals surface area contributed by atoms with Gasteiger partial charge in [0.15, 0.2) is 0 Å². The monoisotopic (exact) mass is 295 g/mol. The molecule has 1 aliphatic heterocycles. The molecule has 1 N–H and O–H groups in total. The van der Waals surface area contributed by atoms with Gasteiger partial charge >= 0.3 is 5.97 Å². The molecule has 1 aromatic rings. The van der Waals surface area contributed by atoms with E-state index in [2.05, 4.69) is 6.92 Å². The highest BCUT2D eigenvalue weighted by molar-refractivity contribution is 6.31. The number of rotatable bonds is 3. The van der Waals surface area contributed by atoms with Crippen molar-refractivity contribution in [2.45, 2.75) is 38.6 Å². The molecule has 0 aliphatic carbocycles. The van der Waals surface area contributed by atoms with E-state index < -0.39 is 5.97 Å². The van der Waals surface area contributed by atoms with Crippen LogP contribution in [0.15, 0.2) is 18.2 Å². The van der Waals surface area contributed by atoms with Crippen LogP contribution in [0.3, 0.4) is 0 Å². The number of carboxylic acid groups (broad SMARTS) is 1. The topological polar surface area (TPSA) is 57.6 Å². The molecule has 0 spiro atoms. The molecule has 0 radical (unpaired) electrons. The second kappa shape index (κ2) is 6.27. The summed E-state index contributed by atoms with van der Waals surface area (Å²) in [4.78, 5) is 25.5. The molecule has 2 rings (SSSR count). The predicted octanol–water partition coefficient (Wildman–Crippen LogP) is 3.44. The quantitative estimate of drug-likeness (QED) is 0.929. The minimum absolute atomic E-state index is 0.0471. The lowest BCUT2D eigenvalue weighted by molar-refractivity contribution is 0.0608. The van der Waals surface area contributed by atoms with Gasteiger partial charge in [-0.25, -0.2) is 4.79 Å². The smallest absolute Gasteiger partial charge is 0.335 e. The molecule has 1 atom stereocenters. The summed E-state index contributed by atoms with van der Waals surface area (Å²) >= 11 is 5.91. The van der Waals surface area contributed by atoms with Crippen LogP contribution in [0.25, 0.3) is 0 Å². The van der Waals surface area contributed by atoms with E-state index >= 15 is 0 Å². The van der Waals surface area contributed by atoms with Gasteiger partial charge in [0, 0.05) is 23.2 Å². The summed E-state index contributed by atoms with van der Waals surface area (Å²) in [6, 6.07) is 4.53. The number of nitrogens with zero attached hydrogens (tertiary/aromatic N) is 1. The van der Waals surface area contributed by atoms with Crippen LogP contribution in [0.1, 0.15) is 53.3 Å². The fourth-order valence-corrected chi connectivity index (χ4v) is 2.93. The van der Waals surface area contributed by atoms with Gasteiger partial charge in [0.05, 0.1) is 5.56 Å². The van der Waals surface area contributed by atoms with Gasteiger partial charge in [0.1, 0.15) is 0 Å². The first kappa shape index (κ1) is 14.9. The van der Waals surface area contributed by atoms with Gasteiger partial charge in [-0.15, -0.1) is 0 Å². The van der Waals surface area contributed by atoms with Gasteiger partial charge in [-0.1, -0.05) is 18.5 Å². The molecule has 1 unspecified atom stereocenters. The minimum Gasteiger partial charge on any atom is -0.478 e. The van der Waals surface area contributed by atoms with Crippen molar-refractivity contribution in [2.24, 2.45) is 0 Å². The van der Waals surface area contributed by atoms with Gasteiger partial charge < -0.3 is 10.0 Å². The highest BCUT2D eigenvalue weighted by atomic mass is 35.5. The van der Waals surface area contributed by atoms with Crippen LogP contribution in [-0.2, 0) is 0 Å². The van der Waals surface area contributed by atoms with E-state index in [1.54, 1.807) is 0 Å². The van der Waals surface area contributed by atoms with E-state index in [4.69, 9.17) is 16.7 Å². The Morgan fingerprint density at radius 3 is 2.65 bits per heavy atom. The molecular formula is C15H18ClNO3. The van der Waals surface area contributed by atoms with Crippen molar-refractivity contribution in [3.05, 3.63) is 34.3 Å². The van der Waals surface area contributed by atoms with Gasteiger partial charge in [-0.2, -0.15) is 0 Å². The number of aromatic carboxylic acids is 1. The maximum atomic E-state index is 12.6. The van der Waals surface area contributed by atoms with Crippen LogP contribution >= 0.6 is 11.6 Å². The van der Waals surface area contributed by atoms with E-state index in [-0.39, 0.29) is 22.5 Å². The molecule has 4 nitrogen and oxygen atoms in total. The number of amides is 1. The van der Waals surface area contributed by atoms with Gasteiger partial charge in [-0.05, 0) is 43.9 Å². The Kier molecular flexibility index (Phi) is 4.65. The zero-order valence-electron chi connectivity index (χ0n) is 11.4. The lowest BCUT2D eigenvalue weighted by Crippen LogP contribution is -2.43. The lowest BCUT2D eigenvalue weighted by atomic mass is 9.98. The Hall–Kier alpha value is -1.55. The second-order valence-corrected chi connectivity index (χ2v) is 5.53. The molecule has 1 fully saturated rings. The number of benzene rings is 1. The number of hydrogen-bond donors (Lipinski definition) is 1. The number of halogens is 1. The molecule has 5 heteroatoms. The molecule has 0 saturated carbocycles. The SMILES string of the molecule is CCC1CCCCN1C(=O)c1cc(Cl)cc(C(=O)O)c1. The summed E-state index contributed by atoms with van der Waals surface area (Å²) < 4.78 is 0. The van der Waals surface area contributed by atoms with Gasteiger partial charge in [0.2, 0.25) is 0 Å². The fraction of sp³-hybridized carbons (Fsp3) is 0.467. The van der Waals surface area contributed by atoms with E-state index in [0.717, 1.165) is 32.2 Å². The van der Waals surface area contributed by atoms with Crippen molar-refractivity contribution in [2.75, 3.05) is 6.54 Å². The Labute approximate surface area is 123 Å². The lowest BCUT2D eigenvalue weighted by Gasteiger charge is -2.35. The summed E-state index contributed by atoms with van der Waals surface area (Å²) in [5.41, 5.74) is 0.404. The molecule has 1 heterocycles. The summed E-state index contributed by atoms with van der Waals surface area (Å²) in [5.74, 6) is -1.20. The normalized spacial score (nSPS) is 18.9. The average molecular weight is 296 g/mol. The van der Waals surface area contributed by atoms with Crippen LogP contribution in [0.5, 0.6) is 0 Å². The second-order valence-electron chi connectivity index (χ2n) is 5.09. The zero-order chi connectivity index (χ0) is 14.7. The Balaban J connectivity index is 2.30. The van der Waals surface area contributed by atoms with Crippen LogP contribution < -0.4 is 0 Å². The van der Waals surface area contributed by atoms with E-state index in [1.165, 1.54) is 18.2 Å². The third-order valence-corrected chi connectivity index (χ3v) is 3.97. The molecule has 0 bridgehead atoms. The predicted molar refractivity (Wildman–Crippen MR) is 77.4 cm³/mol. The van der Waals surface area contributed by atoms with Crippen LogP contribution in [-0.4, -0.2) is 34.5 Å². The zero-order valence-corrected chi connectivity index (χ0v) is 12.2. The Morgan fingerprint density at radius 2 is 2.00 bits per heavy atom. The highest BCUT2D eigenvalue weighted by Gasteiger charge is 2.26. The Bertz CT molecular complexity index is 530. The number of piperidine rings is 1. The summed E-state index contributed by atoms with van der Waals surface area (Å²) in [6.07, 6.45) is 4.06. The van der Waals surface area contributed by atoms with E-state index in [9.17, 15) is 9.59 Å². The van der Waals surface area contributed by atoms with E-state index in [1.807, 2.05) is 4.90 Å². The van der Waals surface area contributed by atoms with Crippen LogP contribution in [0.4, 0.5) is 0 Å². The van der Waals surface area contributed by atoms with Gasteiger partial charge in [0.25, 0.3) is 5.91 Å². The number of carbonyl (C=O) groups excluding carboxylic acids is 1. The largest absolute Gasteiger partial charge is 0.478 e. The van der Waals surface area contributed by atoms with Crippen LogP contribution in [0, 0.1) is 0 Å². The van der Waals surface area contributed by atoms with Crippen molar-refractivity contribution in [3.8, 4) is 0 Å². The summed E-state index contributed by atoms with van der Waals surface area (Å²) in [7, 11) is 0. The Morgan fingerprint density at radius 1 is 1.30 bits per heavy atom. The number of hydrogen-bond acceptors (Lipinski definition) is 2. The molecular weight excluding hydrogens is 278 g/mol. The number of carbonyl (C=O) groups is 2. The third kappa shape index (κ3) is 3.12. The van der Waals surface area contributed by atoms with Crippen molar-refractivity contribution in [1.82, 2.24) is 4.90 Å². The molecule has 1 aromatic carbocycles. The summed E-state index contributed by atoms with van der Waals surface area (Å²) in [6.45, 7) is 2.79. The number of likely N-dealkylation sites (tertiary alicyclic amines) is 1. The van der Waals surface area contributed by atoms with Crippen molar-refractivity contribution >= 4 is 23.5 Å². The first-order chi connectivity index (χ1) is 9.52. The fourth-order valence-electron chi connectivity index (χ4n) is 2.69. The maximum absolute atomic E-state index is 12.6. The average Bonchev–Trinajstić information content (AvgIpc) is 2.45. The highest BCUT2D eigenvalue weighted by Crippen LogP contribution is 2.23. The molecule has 20 heavy (non-hydrogen) atoms. The van der Waals surface area contributed by atoms with Crippen LogP contribution in [0.2, 0.25) is 5.02 Å². The molecule has 1 aliphatic rings. The van der Waals surface area contributed by atoms with Crippen molar-refractivity contribution in [3.63, 3.8) is 0 Å². The molecule has 0 aromatic heterocycles. The molecule has 1 saturated heterocycles. The standard InChI is InChI=1S/C15H18ClNO3/c1-2-13-5-3-4-6-17(13)14(18)10-7-11(15(19)20)9-12(16)8-10/h7-9,13H,2-6H2,1H3,(H,19,20). The van der Waals surface area contributed by atoms with E-state index in [0.29, 0.717) is 5.56 Å². The van der Waals surface area contributed by atoms with Gasteiger partial charge in [-0.3, -0.25) is 4.79 Å². The maximum Gasteiger partial charge on any atom is 0.335 e. The molecule has 108 valence electrons. The van der Waals surface area contributed by atoms with Crippen molar-refractivity contribution in [1.29, 1.82) is 0 Å². The minimum atomic E-state index is -1.08. The van der Waals surface area contributed by atoms with Crippen molar-refractivity contribution < 1.29 is 14.7 Å².